The summed E-state index contributed by atoms with van der Waals surface area (Å²) in [6, 6.07) is 0. The Balaban J connectivity index is 5.47. The third kappa shape index (κ3) is 5.13. The van der Waals surface area contributed by atoms with Gasteiger partial charge in [-0.3, -0.25) is 4.79 Å². The van der Waals surface area contributed by atoms with Gasteiger partial charge in [0, 0.05) is 0 Å². The minimum atomic E-state index is -0.543. The molecule has 1 radical (unpaired) electrons. The van der Waals surface area contributed by atoms with E-state index < -0.39 is 1.43 Å². The molecule has 0 aromatic carbocycles. The molecular weight excluding hydrogens is 1220 g/mol. The summed E-state index contributed by atoms with van der Waals surface area (Å²) in [6.45, 7) is 0. The summed E-state index contributed by atoms with van der Waals surface area (Å²) in [6.07, 6.45) is 2.15. The van der Waals surface area contributed by atoms with Crippen molar-refractivity contribution in [3.8, 4) is 0 Å². The van der Waals surface area contributed by atoms with Gasteiger partial charge in [-0.2, -0.15) is 0 Å². The molecule has 0 aliphatic carbocycles. The summed E-state index contributed by atoms with van der Waals surface area (Å²) in [5.74, 6) is 0. The van der Waals surface area contributed by atoms with E-state index in [1.54, 1.807) is 0 Å². The van der Waals surface area contributed by atoms with E-state index >= 15 is 0 Å². The molecule has 1 nitrogen and oxygen atoms in total. The van der Waals surface area contributed by atoms with E-state index in [4.69, 9.17) is 0 Å². The molecule has 10 heteroatoms. The van der Waals surface area contributed by atoms with Crippen LogP contribution in [0.5, 0.6) is 0 Å². The van der Waals surface area contributed by atoms with Crippen molar-refractivity contribution in [3.63, 3.8) is 0 Å². The maximum Gasteiger partial charge on any atom is 0.228 e. The molecule has 0 spiro atoms. The SMILES string of the molecule is O=[C]C(I)(I)C(I)(I)C(I)(I)C(I)(I)I. The lowest BCUT2D eigenvalue weighted by Gasteiger charge is -2.44. The molecule has 0 rings (SSSR count). The summed E-state index contributed by atoms with van der Waals surface area (Å²) in [5.41, 5.74) is 0. The highest BCUT2D eigenvalue weighted by atomic mass is 127. The number of alkyl halides is 9. The van der Waals surface area contributed by atoms with Crippen LogP contribution in [0.15, 0.2) is 0 Å². The van der Waals surface area contributed by atoms with Crippen LogP contribution in [-0.4, -0.2) is 10.0 Å². The van der Waals surface area contributed by atoms with Gasteiger partial charge in [0.1, 0.15) is 2.29 Å². The second-order valence-electron chi connectivity index (χ2n) is 2.32. The average Bonchev–Trinajstić information content (AvgIpc) is 2.01. The molecule has 0 fully saturated rings. The van der Waals surface area contributed by atoms with Crippen molar-refractivity contribution >= 4 is 210 Å². The number of hydrogen-bond acceptors (Lipinski definition) is 1. The van der Waals surface area contributed by atoms with Gasteiger partial charge >= 0.3 is 0 Å². The number of hydrogen-bond donors (Lipinski definition) is 0. The van der Waals surface area contributed by atoms with Crippen molar-refractivity contribution in [3.05, 3.63) is 0 Å². The first-order valence-electron chi connectivity index (χ1n) is 2.90. The lowest BCUT2D eigenvalue weighted by Crippen LogP contribution is -2.53. The lowest BCUT2D eigenvalue weighted by atomic mass is 10.3. The Morgan fingerprint density at radius 3 is 1.20 bits per heavy atom. The van der Waals surface area contributed by atoms with E-state index in [1.807, 2.05) is 0 Å². The summed E-state index contributed by atoms with van der Waals surface area (Å²) in [7, 11) is 0. The predicted molar refractivity (Wildman–Crippen MR) is 143 cm³/mol. The van der Waals surface area contributed by atoms with Gasteiger partial charge < -0.3 is 0 Å². The topological polar surface area (TPSA) is 17.1 Å². The van der Waals surface area contributed by atoms with E-state index in [2.05, 4.69) is 210 Å². The molecule has 0 saturated heterocycles. The molecule has 0 bridgehead atoms. The highest BCUT2D eigenvalue weighted by molar-refractivity contribution is 14.3. The van der Waals surface area contributed by atoms with E-state index in [1.165, 1.54) is 0 Å². The zero-order valence-electron chi connectivity index (χ0n) is 6.31. The van der Waals surface area contributed by atoms with Gasteiger partial charge in [0.25, 0.3) is 0 Å². The van der Waals surface area contributed by atoms with Gasteiger partial charge in [0.15, 0.2) is 1.43 Å². The van der Waals surface area contributed by atoms with Crippen molar-refractivity contribution < 1.29 is 4.79 Å². The molecular formula is C5I9O. The van der Waals surface area contributed by atoms with Crippen LogP contribution in [0.1, 0.15) is 0 Å². The van der Waals surface area contributed by atoms with Crippen molar-refractivity contribution in [2.24, 2.45) is 0 Å². The smallest absolute Gasteiger partial charge is 0.228 e. The summed E-state index contributed by atoms with van der Waals surface area (Å²) in [5, 5.41) is 0. The first-order valence-corrected chi connectivity index (χ1v) is 12.6. The molecule has 0 N–H and O–H groups in total. The van der Waals surface area contributed by atoms with Crippen LogP contribution in [0.3, 0.4) is 0 Å². The van der Waals surface area contributed by atoms with Crippen molar-refractivity contribution in [2.45, 2.75) is 3.72 Å². The highest BCUT2D eigenvalue weighted by Gasteiger charge is 2.64. The quantitative estimate of drug-likeness (QED) is 0.225. The molecule has 0 saturated carbocycles. The third-order valence-electron chi connectivity index (χ3n) is 1.27. The molecule has 0 amide bonds. The zero-order valence-corrected chi connectivity index (χ0v) is 25.7. The molecule has 89 valence electrons. The molecule has 0 atom stereocenters. The Morgan fingerprint density at radius 2 is 1.00 bits per heavy atom. The van der Waals surface area contributed by atoms with Crippen molar-refractivity contribution in [2.75, 3.05) is 0 Å². The number of carbonyl (C=O) groups excluding carboxylic acids is 1. The van der Waals surface area contributed by atoms with Gasteiger partial charge in [-0.1, -0.05) is 203 Å². The predicted octanol–water partition coefficient (Wildman–Crippen LogP) is 6.75. The largest absolute Gasteiger partial charge is 0.288 e. The van der Waals surface area contributed by atoms with Gasteiger partial charge in [-0.25, -0.2) is 0 Å². The zero-order chi connectivity index (χ0) is 12.7. The fraction of sp³-hybridized carbons (Fsp3) is 0.800. The minimum absolute atomic E-state index is 0.0161. The minimum Gasteiger partial charge on any atom is -0.288 e. The van der Waals surface area contributed by atoms with Gasteiger partial charge in [0.2, 0.25) is 6.29 Å². The monoisotopic (exact) mass is 1220 g/mol. The van der Waals surface area contributed by atoms with Gasteiger partial charge in [0.05, 0.1) is 0 Å². The Kier molecular flexibility index (Phi) is 10.9. The van der Waals surface area contributed by atoms with Gasteiger partial charge in [-0.15, -0.1) is 0 Å². The number of halogens is 9. The summed E-state index contributed by atoms with van der Waals surface area (Å²) < 4.78 is -0.845. The standard InChI is InChI=1S/C5I9O/c6-2(7,1-15)3(8,9)4(10,11)5(12,13)14. The second kappa shape index (κ2) is 7.68. The average molecular weight is 1220 g/mol. The van der Waals surface area contributed by atoms with Crippen LogP contribution >= 0.6 is 203 Å². The van der Waals surface area contributed by atoms with E-state index in [9.17, 15) is 4.79 Å². The van der Waals surface area contributed by atoms with E-state index in [-0.39, 0.29) is 2.29 Å². The highest BCUT2D eigenvalue weighted by Crippen LogP contribution is 2.69. The van der Waals surface area contributed by atoms with Crippen LogP contribution in [0.2, 0.25) is 0 Å². The Labute approximate surface area is 212 Å². The maximum atomic E-state index is 11.1. The Hall–Kier alpha value is 6.24. The molecule has 0 aliphatic rings. The first-order chi connectivity index (χ1) is 6.31. The lowest BCUT2D eigenvalue weighted by molar-refractivity contribution is 0.551. The summed E-state index contributed by atoms with van der Waals surface area (Å²) >= 11 is 21.2. The maximum absolute atomic E-state index is 11.1. The first kappa shape index (κ1) is 21.2. The van der Waals surface area contributed by atoms with Gasteiger partial charge in [-0.05, 0) is 0 Å². The Morgan fingerprint density at radius 1 is 0.667 bits per heavy atom. The van der Waals surface area contributed by atoms with Crippen molar-refractivity contribution in [1.82, 2.24) is 0 Å². The molecule has 0 aromatic rings. The van der Waals surface area contributed by atoms with Crippen LogP contribution in [0.25, 0.3) is 0 Å². The molecule has 0 aromatic heterocycles. The fourth-order valence-electron chi connectivity index (χ4n) is 0.439. The van der Waals surface area contributed by atoms with Crippen LogP contribution in [-0.2, 0) is 4.79 Å². The van der Waals surface area contributed by atoms with Crippen molar-refractivity contribution in [1.29, 1.82) is 0 Å². The molecule has 0 heterocycles. The van der Waals surface area contributed by atoms with E-state index in [0.717, 1.165) is 0 Å². The molecule has 0 unspecified atom stereocenters. The van der Waals surface area contributed by atoms with E-state index in [0.29, 0.717) is 0 Å². The second-order valence-corrected chi connectivity index (χ2v) is 29.3. The fourth-order valence-corrected chi connectivity index (χ4v) is 9.46. The molecule has 0 aliphatic heterocycles. The normalized spacial score (nSPS) is 15.3. The third-order valence-corrected chi connectivity index (χ3v) is 26.7. The van der Waals surface area contributed by atoms with Crippen LogP contribution in [0.4, 0.5) is 0 Å². The number of rotatable bonds is 4. The summed E-state index contributed by atoms with van der Waals surface area (Å²) in [4.78, 5) is 11.1. The van der Waals surface area contributed by atoms with Crippen LogP contribution in [0, 0.1) is 0 Å². The molecule has 15 heavy (non-hydrogen) atoms. The van der Waals surface area contributed by atoms with Crippen LogP contribution < -0.4 is 0 Å². The Bertz CT molecular complexity index is 252.